The fourth-order valence-electron chi connectivity index (χ4n) is 0.675. The molecule has 0 radical (unpaired) electrons. The Kier molecular flexibility index (Phi) is 2.96. The fraction of sp³-hybridized carbons (Fsp3) is 0.286. The Bertz CT molecular complexity index is 257. The highest BCUT2D eigenvalue weighted by molar-refractivity contribution is 8.00. The Balaban J connectivity index is 2.80. The van der Waals surface area contributed by atoms with Gasteiger partial charge in [0.05, 0.1) is 9.09 Å². The molecule has 0 aromatic carbocycles. The highest BCUT2D eigenvalue weighted by atomic mass is 32.2. The van der Waals surface area contributed by atoms with Gasteiger partial charge in [0.25, 0.3) is 5.91 Å². The van der Waals surface area contributed by atoms with Crippen molar-refractivity contribution in [3.05, 3.63) is 17.0 Å². The first-order valence-electron chi connectivity index (χ1n) is 3.14. The first kappa shape index (κ1) is 8.62. The van der Waals surface area contributed by atoms with Crippen LogP contribution in [0.2, 0.25) is 0 Å². The molecule has 0 bridgehead atoms. The molecule has 0 spiro atoms. The van der Waals surface area contributed by atoms with E-state index in [1.165, 1.54) is 15.5 Å². The smallest absolute Gasteiger partial charge is 0.261 e. The van der Waals surface area contributed by atoms with Crippen LogP contribution >= 0.6 is 23.1 Å². The molecule has 1 aromatic heterocycles. The van der Waals surface area contributed by atoms with E-state index in [9.17, 15) is 4.79 Å². The molecule has 0 fully saturated rings. The van der Waals surface area contributed by atoms with E-state index in [2.05, 4.69) is 5.32 Å². The average molecular weight is 187 g/mol. The zero-order valence-electron chi connectivity index (χ0n) is 6.38. The van der Waals surface area contributed by atoms with Gasteiger partial charge in [-0.15, -0.1) is 23.1 Å². The molecule has 1 aromatic rings. The second-order valence-corrected chi connectivity index (χ2v) is 4.09. The van der Waals surface area contributed by atoms with Crippen LogP contribution in [0.3, 0.4) is 0 Å². The van der Waals surface area contributed by atoms with Gasteiger partial charge in [-0.3, -0.25) is 4.79 Å². The van der Waals surface area contributed by atoms with Gasteiger partial charge in [0.15, 0.2) is 0 Å². The Morgan fingerprint density at radius 1 is 1.64 bits per heavy atom. The van der Waals surface area contributed by atoms with Crippen molar-refractivity contribution >= 4 is 29.0 Å². The van der Waals surface area contributed by atoms with Crippen molar-refractivity contribution in [1.29, 1.82) is 0 Å². The Labute approximate surface area is 74.0 Å². The summed E-state index contributed by atoms with van der Waals surface area (Å²) in [5.41, 5.74) is 0. The van der Waals surface area contributed by atoms with Gasteiger partial charge in [-0.05, 0) is 18.4 Å². The van der Waals surface area contributed by atoms with Gasteiger partial charge >= 0.3 is 0 Å². The summed E-state index contributed by atoms with van der Waals surface area (Å²) in [6.07, 6.45) is 2.00. The number of carbonyl (C=O) groups excluding carboxylic acids is 1. The van der Waals surface area contributed by atoms with Gasteiger partial charge in [0.2, 0.25) is 0 Å². The van der Waals surface area contributed by atoms with Crippen LogP contribution in [0.5, 0.6) is 0 Å². The fourth-order valence-corrected chi connectivity index (χ4v) is 2.17. The summed E-state index contributed by atoms with van der Waals surface area (Å²) in [6, 6.07) is 3.80. The molecule has 0 saturated carbocycles. The van der Waals surface area contributed by atoms with Crippen molar-refractivity contribution < 1.29 is 4.79 Å². The van der Waals surface area contributed by atoms with Crippen molar-refractivity contribution in [3.8, 4) is 0 Å². The molecule has 11 heavy (non-hydrogen) atoms. The molecule has 1 heterocycles. The van der Waals surface area contributed by atoms with E-state index in [1.54, 1.807) is 18.8 Å². The van der Waals surface area contributed by atoms with E-state index < -0.39 is 0 Å². The standard InChI is InChI=1S/C7H9NOS2/c1-8-7(9)5-3-4-6(10-2)11-5/h3-4H,1-2H3,(H,8,9). The number of rotatable bonds is 2. The van der Waals surface area contributed by atoms with Gasteiger partial charge < -0.3 is 5.32 Å². The van der Waals surface area contributed by atoms with Crippen LogP contribution in [0.1, 0.15) is 9.67 Å². The quantitative estimate of drug-likeness (QED) is 0.716. The van der Waals surface area contributed by atoms with E-state index in [0.717, 1.165) is 4.88 Å². The number of nitrogens with one attached hydrogen (secondary N) is 1. The SMILES string of the molecule is CNC(=O)c1ccc(SC)s1. The van der Waals surface area contributed by atoms with Gasteiger partial charge in [0, 0.05) is 7.05 Å². The van der Waals surface area contributed by atoms with E-state index in [4.69, 9.17) is 0 Å². The summed E-state index contributed by atoms with van der Waals surface area (Å²) in [6.45, 7) is 0. The monoisotopic (exact) mass is 187 g/mol. The molecular formula is C7H9NOS2. The van der Waals surface area contributed by atoms with Crippen LogP contribution in [0, 0.1) is 0 Å². The number of hydrogen-bond acceptors (Lipinski definition) is 3. The van der Waals surface area contributed by atoms with Crippen molar-refractivity contribution in [3.63, 3.8) is 0 Å². The Morgan fingerprint density at radius 2 is 2.36 bits per heavy atom. The highest BCUT2D eigenvalue weighted by Crippen LogP contribution is 2.24. The van der Waals surface area contributed by atoms with Crippen LogP contribution < -0.4 is 5.32 Å². The predicted molar refractivity (Wildman–Crippen MR) is 49.5 cm³/mol. The van der Waals surface area contributed by atoms with Crippen molar-refractivity contribution in [2.24, 2.45) is 0 Å². The van der Waals surface area contributed by atoms with Gasteiger partial charge in [-0.1, -0.05) is 0 Å². The summed E-state index contributed by atoms with van der Waals surface area (Å²) < 4.78 is 1.17. The first-order valence-corrected chi connectivity index (χ1v) is 5.18. The average Bonchev–Trinajstić information content (AvgIpc) is 2.50. The van der Waals surface area contributed by atoms with E-state index in [0.29, 0.717) is 0 Å². The van der Waals surface area contributed by atoms with Gasteiger partial charge in [-0.25, -0.2) is 0 Å². The van der Waals surface area contributed by atoms with Crippen LogP contribution in [0.4, 0.5) is 0 Å². The summed E-state index contributed by atoms with van der Waals surface area (Å²) in [7, 11) is 1.64. The van der Waals surface area contributed by atoms with E-state index >= 15 is 0 Å². The predicted octanol–water partition coefficient (Wildman–Crippen LogP) is 1.83. The summed E-state index contributed by atoms with van der Waals surface area (Å²) in [4.78, 5) is 11.8. The number of thiophene rings is 1. The third-order valence-corrected chi connectivity index (χ3v) is 3.40. The Morgan fingerprint density at radius 3 is 2.82 bits per heavy atom. The van der Waals surface area contributed by atoms with Crippen LogP contribution in [-0.4, -0.2) is 19.2 Å². The molecule has 2 nitrogen and oxygen atoms in total. The molecule has 0 aliphatic carbocycles. The molecule has 1 amide bonds. The maximum Gasteiger partial charge on any atom is 0.261 e. The maximum atomic E-state index is 11.0. The molecule has 0 saturated heterocycles. The number of thioether (sulfide) groups is 1. The van der Waals surface area contributed by atoms with Crippen LogP contribution in [-0.2, 0) is 0 Å². The number of amides is 1. The molecule has 0 atom stereocenters. The molecule has 0 unspecified atom stereocenters. The number of hydrogen-bond donors (Lipinski definition) is 1. The van der Waals surface area contributed by atoms with Gasteiger partial charge in [0.1, 0.15) is 0 Å². The normalized spacial score (nSPS) is 9.64. The maximum absolute atomic E-state index is 11.0. The third-order valence-electron chi connectivity index (χ3n) is 1.23. The summed E-state index contributed by atoms with van der Waals surface area (Å²) >= 11 is 3.17. The summed E-state index contributed by atoms with van der Waals surface area (Å²) in [5.74, 6) is -0.00435. The van der Waals surface area contributed by atoms with Crippen molar-refractivity contribution in [1.82, 2.24) is 5.32 Å². The van der Waals surface area contributed by atoms with E-state index in [-0.39, 0.29) is 5.91 Å². The minimum absolute atomic E-state index is 0.00435. The van der Waals surface area contributed by atoms with Crippen LogP contribution in [0.15, 0.2) is 16.3 Å². The lowest BCUT2D eigenvalue weighted by Gasteiger charge is -1.91. The lowest BCUT2D eigenvalue weighted by atomic mass is 10.4. The van der Waals surface area contributed by atoms with Crippen molar-refractivity contribution in [2.75, 3.05) is 13.3 Å². The molecule has 4 heteroatoms. The molecular weight excluding hydrogens is 178 g/mol. The third kappa shape index (κ3) is 1.97. The second-order valence-electron chi connectivity index (χ2n) is 1.90. The zero-order chi connectivity index (χ0) is 8.27. The Hall–Kier alpha value is -0.480. The lowest BCUT2D eigenvalue weighted by Crippen LogP contribution is -2.15. The molecule has 0 aliphatic rings. The highest BCUT2D eigenvalue weighted by Gasteiger charge is 2.05. The first-order chi connectivity index (χ1) is 5.27. The zero-order valence-corrected chi connectivity index (χ0v) is 8.01. The lowest BCUT2D eigenvalue weighted by molar-refractivity contribution is 0.0967. The summed E-state index contributed by atoms with van der Waals surface area (Å²) in [5, 5.41) is 2.58. The molecule has 60 valence electrons. The molecule has 1 rings (SSSR count). The topological polar surface area (TPSA) is 29.1 Å². The van der Waals surface area contributed by atoms with Crippen LogP contribution in [0.25, 0.3) is 0 Å². The van der Waals surface area contributed by atoms with Gasteiger partial charge in [-0.2, -0.15) is 0 Å². The molecule has 1 N–H and O–H groups in total. The minimum atomic E-state index is -0.00435. The second kappa shape index (κ2) is 3.78. The minimum Gasteiger partial charge on any atom is -0.354 e. The largest absolute Gasteiger partial charge is 0.354 e. The van der Waals surface area contributed by atoms with E-state index in [1.807, 2.05) is 18.4 Å². The molecule has 0 aliphatic heterocycles. The number of carbonyl (C=O) groups is 1. The van der Waals surface area contributed by atoms with Crippen molar-refractivity contribution in [2.45, 2.75) is 4.21 Å².